The summed E-state index contributed by atoms with van der Waals surface area (Å²) >= 11 is 5.99. The predicted molar refractivity (Wildman–Crippen MR) is 90.3 cm³/mol. The Hall–Kier alpha value is -2.93. The first kappa shape index (κ1) is 17.4. The summed E-state index contributed by atoms with van der Waals surface area (Å²) in [5.41, 5.74) is 3.44. The van der Waals surface area contributed by atoms with Gasteiger partial charge in [0, 0.05) is 18.0 Å². The zero-order chi connectivity index (χ0) is 17.4. The number of methoxy groups -OCH3 is 1. The molecule has 2 N–H and O–H groups in total. The highest BCUT2D eigenvalue weighted by atomic mass is 35.5. The SMILES string of the molecule is COc1ccc(/C=N/NC(=O)CNC(=O)c2ccncc2)cc1Cl. The first-order chi connectivity index (χ1) is 11.6. The third kappa shape index (κ3) is 5.06. The van der Waals surface area contributed by atoms with Crippen molar-refractivity contribution in [2.45, 2.75) is 0 Å². The van der Waals surface area contributed by atoms with Crippen molar-refractivity contribution in [2.24, 2.45) is 5.10 Å². The molecule has 0 spiro atoms. The molecule has 0 aliphatic heterocycles. The fraction of sp³-hybridized carbons (Fsp3) is 0.125. The number of nitrogens with one attached hydrogen (secondary N) is 2. The van der Waals surface area contributed by atoms with Crippen molar-refractivity contribution in [3.63, 3.8) is 0 Å². The highest BCUT2D eigenvalue weighted by Crippen LogP contribution is 2.24. The number of halogens is 1. The van der Waals surface area contributed by atoms with E-state index in [2.05, 4.69) is 20.8 Å². The van der Waals surface area contributed by atoms with Gasteiger partial charge < -0.3 is 10.1 Å². The number of rotatable bonds is 6. The van der Waals surface area contributed by atoms with E-state index in [0.29, 0.717) is 21.9 Å². The van der Waals surface area contributed by atoms with E-state index in [4.69, 9.17) is 16.3 Å². The lowest BCUT2D eigenvalue weighted by atomic mass is 10.2. The quantitative estimate of drug-likeness (QED) is 0.614. The number of hydrogen-bond acceptors (Lipinski definition) is 5. The predicted octanol–water partition coefficient (Wildman–Crippen LogP) is 1.62. The van der Waals surface area contributed by atoms with E-state index in [0.717, 1.165) is 0 Å². The van der Waals surface area contributed by atoms with E-state index in [-0.39, 0.29) is 12.5 Å². The van der Waals surface area contributed by atoms with Crippen molar-refractivity contribution in [2.75, 3.05) is 13.7 Å². The van der Waals surface area contributed by atoms with Gasteiger partial charge in [0.25, 0.3) is 11.8 Å². The monoisotopic (exact) mass is 346 g/mol. The van der Waals surface area contributed by atoms with Gasteiger partial charge in [-0.25, -0.2) is 5.43 Å². The molecule has 2 aromatic rings. The van der Waals surface area contributed by atoms with Crippen molar-refractivity contribution in [1.82, 2.24) is 15.7 Å². The van der Waals surface area contributed by atoms with E-state index in [1.807, 2.05) is 0 Å². The van der Waals surface area contributed by atoms with Gasteiger partial charge >= 0.3 is 0 Å². The van der Waals surface area contributed by atoms with Crippen LogP contribution in [-0.4, -0.2) is 36.7 Å². The molecule has 0 saturated heterocycles. The largest absolute Gasteiger partial charge is 0.495 e. The molecular weight excluding hydrogens is 332 g/mol. The number of hydrogen-bond donors (Lipinski definition) is 2. The minimum Gasteiger partial charge on any atom is -0.495 e. The molecule has 124 valence electrons. The summed E-state index contributed by atoms with van der Waals surface area (Å²) in [6.07, 6.45) is 4.44. The van der Waals surface area contributed by atoms with E-state index < -0.39 is 5.91 Å². The minimum atomic E-state index is -0.451. The number of nitrogens with zero attached hydrogens (tertiary/aromatic N) is 2. The first-order valence-electron chi connectivity index (χ1n) is 6.94. The highest BCUT2D eigenvalue weighted by Gasteiger charge is 2.06. The van der Waals surface area contributed by atoms with Crippen LogP contribution in [0, 0.1) is 0 Å². The van der Waals surface area contributed by atoms with Crippen molar-refractivity contribution >= 4 is 29.6 Å². The molecule has 8 heteroatoms. The fourth-order valence-electron chi connectivity index (χ4n) is 1.75. The Kier molecular flexibility index (Phi) is 6.27. The Morgan fingerprint density at radius 3 is 2.71 bits per heavy atom. The van der Waals surface area contributed by atoms with Gasteiger partial charge in [-0.1, -0.05) is 11.6 Å². The molecule has 7 nitrogen and oxygen atoms in total. The number of pyridine rings is 1. The van der Waals surface area contributed by atoms with Crippen LogP contribution in [0.4, 0.5) is 0 Å². The Bertz CT molecular complexity index is 750. The second kappa shape index (κ2) is 8.64. The summed E-state index contributed by atoms with van der Waals surface area (Å²) in [5, 5.41) is 6.73. The van der Waals surface area contributed by atoms with Gasteiger partial charge in [-0.2, -0.15) is 5.10 Å². The lowest BCUT2D eigenvalue weighted by Crippen LogP contribution is -2.34. The second-order valence-electron chi connectivity index (χ2n) is 4.61. The summed E-state index contributed by atoms with van der Waals surface area (Å²) in [6.45, 7) is -0.193. The van der Waals surface area contributed by atoms with Crippen LogP contribution in [0.1, 0.15) is 15.9 Å². The third-order valence-electron chi connectivity index (χ3n) is 2.93. The molecule has 1 aromatic carbocycles. The maximum Gasteiger partial charge on any atom is 0.259 e. The van der Waals surface area contributed by atoms with Crippen LogP contribution in [0.25, 0.3) is 0 Å². The molecule has 0 aliphatic carbocycles. The van der Waals surface area contributed by atoms with Gasteiger partial charge in [-0.05, 0) is 35.9 Å². The molecule has 0 atom stereocenters. The number of benzene rings is 1. The van der Waals surface area contributed by atoms with Crippen LogP contribution in [0.3, 0.4) is 0 Å². The average molecular weight is 347 g/mol. The second-order valence-corrected chi connectivity index (χ2v) is 5.01. The van der Waals surface area contributed by atoms with Gasteiger partial charge in [0.05, 0.1) is 24.9 Å². The van der Waals surface area contributed by atoms with Gasteiger partial charge in [0.1, 0.15) is 5.75 Å². The zero-order valence-electron chi connectivity index (χ0n) is 12.8. The lowest BCUT2D eigenvalue weighted by molar-refractivity contribution is -0.120. The average Bonchev–Trinajstić information content (AvgIpc) is 2.60. The molecule has 1 aromatic heterocycles. The summed E-state index contributed by atoms with van der Waals surface area (Å²) in [7, 11) is 1.52. The topological polar surface area (TPSA) is 92.7 Å². The van der Waals surface area contributed by atoms with E-state index in [1.165, 1.54) is 25.7 Å². The highest BCUT2D eigenvalue weighted by molar-refractivity contribution is 6.32. The molecule has 24 heavy (non-hydrogen) atoms. The van der Waals surface area contributed by atoms with Crippen LogP contribution < -0.4 is 15.5 Å². The molecule has 0 fully saturated rings. The smallest absolute Gasteiger partial charge is 0.259 e. The molecule has 0 aliphatic rings. The summed E-state index contributed by atoms with van der Waals surface area (Å²) in [5.74, 6) is -0.261. The van der Waals surface area contributed by atoms with Gasteiger partial charge in [-0.3, -0.25) is 14.6 Å². The Balaban J connectivity index is 1.80. The van der Waals surface area contributed by atoms with Crippen LogP contribution in [0.2, 0.25) is 5.02 Å². The maximum atomic E-state index is 11.8. The van der Waals surface area contributed by atoms with E-state index in [9.17, 15) is 9.59 Å². The standard InChI is InChI=1S/C16H15ClN4O3/c1-24-14-3-2-11(8-13(14)17)9-20-21-15(22)10-19-16(23)12-4-6-18-7-5-12/h2-9H,10H2,1H3,(H,19,23)(H,21,22)/b20-9+. The van der Waals surface area contributed by atoms with Crippen molar-refractivity contribution in [3.05, 3.63) is 58.9 Å². The normalized spacial score (nSPS) is 10.4. The maximum absolute atomic E-state index is 11.8. The number of ether oxygens (including phenoxy) is 1. The molecule has 1 heterocycles. The van der Waals surface area contributed by atoms with Crippen LogP contribution >= 0.6 is 11.6 Å². The number of aromatic nitrogens is 1. The van der Waals surface area contributed by atoms with Crippen molar-refractivity contribution in [1.29, 1.82) is 0 Å². The molecule has 0 radical (unpaired) electrons. The van der Waals surface area contributed by atoms with E-state index >= 15 is 0 Å². The Labute approximate surface area is 143 Å². The van der Waals surface area contributed by atoms with Crippen molar-refractivity contribution < 1.29 is 14.3 Å². The molecule has 0 bridgehead atoms. The molecule has 2 amide bonds. The van der Waals surface area contributed by atoms with Crippen LogP contribution in [0.15, 0.2) is 47.8 Å². The number of carbonyl (C=O) groups is 2. The molecule has 2 rings (SSSR count). The Morgan fingerprint density at radius 2 is 2.04 bits per heavy atom. The molecule has 0 unspecified atom stereocenters. The van der Waals surface area contributed by atoms with Crippen molar-refractivity contribution in [3.8, 4) is 5.75 Å². The lowest BCUT2D eigenvalue weighted by Gasteiger charge is -2.04. The fourth-order valence-corrected chi connectivity index (χ4v) is 2.01. The van der Waals surface area contributed by atoms with Gasteiger partial charge in [0.2, 0.25) is 0 Å². The molecular formula is C16H15ClN4O3. The number of amides is 2. The van der Waals surface area contributed by atoms with E-state index in [1.54, 1.807) is 30.3 Å². The molecule has 0 saturated carbocycles. The van der Waals surface area contributed by atoms with Gasteiger partial charge in [-0.15, -0.1) is 0 Å². The summed E-state index contributed by atoms with van der Waals surface area (Å²) in [6, 6.07) is 8.20. The first-order valence-corrected chi connectivity index (χ1v) is 7.31. The van der Waals surface area contributed by atoms with Gasteiger partial charge in [0.15, 0.2) is 0 Å². The summed E-state index contributed by atoms with van der Waals surface area (Å²) < 4.78 is 5.04. The Morgan fingerprint density at radius 1 is 1.29 bits per heavy atom. The minimum absolute atomic E-state index is 0.193. The zero-order valence-corrected chi connectivity index (χ0v) is 13.6. The third-order valence-corrected chi connectivity index (χ3v) is 3.23. The summed E-state index contributed by atoms with van der Waals surface area (Å²) in [4.78, 5) is 27.2. The van der Waals surface area contributed by atoms with Crippen LogP contribution in [-0.2, 0) is 4.79 Å². The number of carbonyl (C=O) groups excluding carboxylic acids is 2. The van der Waals surface area contributed by atoms with Crippen LogP contribution in [0.5, 0.6) is 5.75 Å². The number of hydrazone groups is 1.